The molecular formula is C22H24N4O4. The fourth-order valence-electron chi connectivity index (χ4n) is 3.05. The molecule has 2 amide bonds. The molecule has 0 spiro atoms. The van der Waals surface area contributed by atoms with Crippen LogP contribution < -0.4 is 20.4 Å². The smallest absolute Gasteiger partial charge is 0.271 e. The number of likely N-dealkylation sites (N-methyl/N-ethyl adjacent to an activating group) is 1. The molecule has 0 fully saturated rings. The van der Waals surface area contributed by atoms with E-state index in [1.165, 1.54) is 6.92 Å². The molecule has 3 rings (SSSR count). The Labute approximate surface area is 174 Å². The molecule has 1 heterocycles. The number of carbonyl (C=O) groups excluding carboxylic acids is 3. The zero-order chi connectivity index (χ0) is 21.5. The van der Waals surface area contributed by atoms with Crippen LogP contribution in [-0.2, 0) is 14.4 Å². The van der Waals surface area contributed by atoms with Crippen LogP contribution in [0.25, 0.3) is 0 Å². The van der Waals surface area contributed by atoms with Crippen molar-refractivity contribution >= 4 is 34.7 Å². The van der Waals surface area contributed by atoms with Gasteiger partial charge < -0.3 is 15.4 Å². The summed E-state index contributed by atoms with van der Waals surface area (Å²) in [6, 6.07) is 15.5. The van der Waals surface area contributed by atoms with Gasteiger partial charge in [-0.05, 0) is 38.1 Å². The summed E-state index contributed by atoms with van der Waals surface area (Å²) in [5.74, 6) is -0.213. The maximum atomic E-state index is 12.7. The van der Waals surface area contributed by atoms with E-state index in [4.69, 9.17) is 4.74 Å². The van der Waals surface area contributed by atoms with Crippen molar-refractivity contribution in [2.45, 2.75) is 26.3 Å². The van der Waals surface area contributed by atoms with Crippen molar-refractivity contribution in [3.63, 3.8) is 0 Å². The molecule has 2 N–H and O–H groups in total. The lowest BCUT2D eigenvalue weighted by Gasteiger charge is -2.20. The largest absolute Gasteiger partial charge is 0.484 e. The predicted octanol–water partition coefficient (Wildman–Crippen LogP) is 2.36. The van der Waals surface area contributed by atoms with Gasteiger partial charge in [-0.3, -0.25) is 19.4 Å². The number of carbonyl (C=O) groups is 3. The number of rotatable bonds is 8. The number of hydrazone groups is 1. The normalized spacial score (nSPS) is 15.3. The number of ether oxygens (including phenoxy) is 1. The molecule has 2 aromatic rings. The Morgan fingerprint density at radius 2 is 1.90 bits per heavy atom. The highest BCUT2D eigenvalue weighted by atomic mass is 16.5. The Morgan fingerprint density at radius 1 is 1.13 bits per heavy atom. The van der Waals surface area contributed by atoms with Crippen LogP contribution in [0.1, 0.15) is 20.3 Å². The molecule has 8 heteroatoms. The number of hydrogen-bond donors (Lipinski definition) is 2. The fraction of sp³-hybridized carbons (Fsp3) is 0.273. The van der Waals surface area contributed by atoms with E-state index in [1.54, 1.807) is 29.3 Å². The van der Waals surface area contributed by atoms with E-state index in [1.807, 2.05) is 37.3 Å². The first-order valence-electron chi connectivity index (χ1n) is 9.71. The molecule has 0 saturated heterocycles. The van der Waals surface area contributed by atoms with Gasteiger partial charge >= 0.3 is 0 Å². The van der Waals surface area contributed by atoms with Crippen molar-refractivity contribution in [1.82, 2.24) is 5.32 Å². The topological polar surface area (TPSA) is 100 Å². The van der Waals surface area contributed by atoms with Gasteiger partial charge in [-0.15, -0.1) is 0 Å². The third-order valence-electron chi connectivity index (χ3n) is 4.50. The number of nitrogens with zero attached hydrogens (tertiary/aromatic N) is 2. The summed E-state index contributed by atoms with van der Waals surface area (Å²) in [5.41, 5.74) is 1.53. The van der Waals surface area contributed by atoms with Crippen molar-refractivity contribution in [3.8, 4) is 5.75 Å². The Morgan fingerprint density at radius 3 is 2.60 bits per heavy atom. The van der Waals surface area contributed by atoms with E-state index in [0.717, 1.165) is 5.69 Å². The molecule has 8 nitrogen and oxygen atoms in total. The van der Waals surface area contributed by atoms with E-state index in [-0.39, 0.29) is 36.3 Å². The Hall–Kier alpha value is -3.68. The third-order valence-corrected chi connectivity index (χ3v) is 4.50. The van der Waals surface area contributed by atoms with Gasteiger partial charge in [-0.2, -0.15) is 5.10 Å². The molecular weight excluding hydrogens is 384 g/mol. The van der Waals surface area contributed by atoms with Crippen molar-refractivity contribution in [1.29, 1.82) is 0 Å². The second-order valence-electron chi connectivity index (χ2n) is 6.78. The minimum absolute atomic E-state index is 0.0637. The van der Waals surface area contributed by atoms with E-state index in [2.05, 4.69) is 15.7 Å². The maximum absolute atomic E-state index is 12.7. The number of benzene rings is 2. The molecule has 156 valence electrons. The number of anilines is 2. The van der Waals surface area contributed by atoms with Gasteiger partial charge in [0.1, 0.15) is 17.5 Å². The standard InChI is InChI=1S/C22H24N4O4/c1-3-23-21(28)14-30-18-11-7-8-16(12-18)24-22(29)19-13-20(15(2)27)26(25-19)17-9-5-4-6-10-17/h4-12,20H,3,13-14H2,1-2H3,(H,23,28)(H,24,29). The van der Waals surface area contributed by atoms with E-state index in [9.17, 15) is 14.4 Å². The number of Topliss-reactive ketones (excluding diaryl/α,β-unsaturated/α-hetero) is 1. The Bertz CT molecular complexity index is 959. The second kappa shape index (κ2) is 9.69. The number of hydrogen-bond acceptors (Lipinski definition) is 6. The SMILES string of the molecule is CCNC(=O)COc1cccc(NC(=O)C2=NN(c3ccccc3)C(C(C)=O)C2)c1. The van der Waals surface area contributed by atoms with E-state index >= 15 is 0 Å². The molecule has 1 aliphatic rings. The number of para-hydroxylation sites is 1. The average molecular weight is 408 g/mol. The summed E-state index contributed by atoms with van der Waals surface area (Å²) in [6.45, 7) is 3.74. The summed E-state index contributed by atoms with van der Waals surface area (Å²) < 4.78 is 5.45. The van der Waals surface area contributed by atoms with Gasteiger partial charge in [0, 0.05) is 24.7 Å². The van der Waals surface area contributed by atoms with Crippen molar-refractivity contribution in [2.24, 2.45) is 5.10 Å². The number of ketones is 1. The first-order chi connectivity index (χ1) is 14.5. The van der Waals surface area contributed by atoms with Gasteiger partial charge in [-0.1, -0.05) is 24.3 Å². The number of nitrogens with one attached hydrogen (secondary N) is 2. The Kier molecular flexibility index (Phi) is 6.79. The van der Waals surface area contributed by atoms with E-state index < -0.39 is 6.04 Å². The minimum atomic E-state index is -0.514. The average Bonchev–Trinajstić information content (AvgIpc) is 3.20. The monoisotopic (exact) mass is 408 g/mol. The van der Waals surface area contributed by atoms with Crippen LogP contribution in [-0.4, -0.2) is 42.5 Å². The van der Waals surface area contributed by atoms with Crippen molar-refractivity contribution in [2.75, 3.05) is 23.5 Å². The highest BCUT2D eigenvalue weighted by Crippen LogP contribution is 2.25. The summed E-state index contributed by atoms with van der Waals surface area (Å²) >= 11 is 0. The van der Waals surface area contributed by atoms with Gasteiger partial charge in [0.25, 0.3) is 11.8 Å². The summed E-state index contributed by atoms with van der Waals surface area (Å²) in [6.07, 6.45) is 0.226. The van der Waals surface area contributed by atoms with Gasteiger partial charge in [-0.25, -0.2) is 0 Å². The first kappa shape index (κ1) is 21.0. The highest BCUT2D eigenvalue weighted by molar-refractivity contribution is 6.44. The van der Waals surface area contributed by atoms with Crippen LogP contribution in [0.4, 0.5) is 11.4 Å². The lowest BCUT2D eigenvalue weighted by atomic mass is 10.1. The zero-order valence-electron chi connectivity index (χ0n) is 16.9. The first-order valence-corrected chi connectivity index (χ1v) is 9.71. The molecule has 0 bridgehead atoms. The number of amides is 2. The zero-order valence-corrected chi connectivity index (χ0v) is 16.9. The lowest BCUT2D eigenvalue weighted by Crippen LogP contribution is -2.33. The summed E-state index contributed by atoms with van der Waals surface area (Å²) in [5, 5.41) is 11.4. The van der Waals surface area contributed by atoms with Crippen LogP contribution in [0.15, 0.2) is 59.7 Å². The quantitative estimate of drug-likeness (QED) is 0.699. The fourth-order valence-corrected chi connectivity index (χ4v) is 3.05. The lowest BCUT2D eigenvalue weighted by molar-refractivity contribution is -0.123. The van der Waals surface area contributed by atoms with Crippen LogP contribution >= 0.6 is 0 Å². The van der Waals surface area contributed by atoms with Crippen LogP contribution in [0, 0.1) is 0 Å². The predicted molar refractivity (Wildman–Crippen MR) is 115 cm³/mol. The van der Waals surface area contributed by atoms with Crippen LogP contribution in [0.3, 0.4) is 0 Å². The van der Waals surface area contributed by atoms with E-state index in [0.29, 0.717) is 18.0 Å². The summed E-state index contributed by atoms with van der Waals surface area (Å²) in [7, 11) is 0. The molecule has 1 aliphatic heterocycles. The van der Waals surface area contributed by atoms with Crippen molar-refractivity contribution in [3.05, 3.63) is 54.6 Å². The molecule has 0 aromatic heterocycles. The van der Waals surface area contributed by atoms with Gasteiger partial charge in [0.15, 0.2) is 12.4 Å². The molecule has 1 atom stereocenters. The van der Waals surface area contributed by atoms with Gasteiger partial charge in [0.05, 0.1) is 5.69 Å². The minimum Gasteiger partial charge on any atom is -0.484 e. The Balaban J connectivity index is 1.69. The second-order valence-corrected chi connectivity index (χ2v) is 6.78. The maximum Gasteiger partial charge on any atom is 0.271 e. The van der Waals surface area contributed by atoms with Crippen molar-refractivity contribution < 1.29 is 19.1 Å². The molecule has 2 aromatic carbocycles. The van der Waals surface area contributed by atoms with Crippen LogP contribution in [0.5, 0.6) is 5.75 Å². The molecule has 1 unspecified atom stereocenters. The van der Waals surface area contributed by atoms with Crippen LogP contribution in [0.2, 0.25) is 0 Å². The summed E-state index contributed by atoms with van der Waals surface area (Å²) in [4.78, 5) is 36.3. The third kappa shape index (κ3) is 5.22. The molecule has 30 heavy (non-hydrogen) atoms. The molecule has 0 aliphatic carbocycles. The molecule has 0 saturated carbocycles. The molecule has 0 radical (unpaired) electrons. The van der Waals surface area contributed by atoms with Gasteiger partial charge in [0.2, 0.25) is 0 Å². The highest BCUT2D eigenvalue weighted by Gasteiger charge is 2.34.